The van der Waals surface area contributed by atoms with Crippen molar-refractivity contribution in [3.63, 3.8) is 0 Å². The van der Waals surface area contributed by atoms with Crippen LogP contribution in [0.15, 0.2) is 36.5 Å². The van der Waals surface area contributed by atoms with Gasteiger partial charge in [0.1, 0.15) is 6.10 Å². The van der Waals surface area contributed by atoms with Crippen LogP contribution in [0.3, 0.4) is 0 Å². The van der Waals surface area contributed by atoms with Crippen LogP contribution in [0.1, 0.15) is 31.4 Å². The molecule has 0 spiro atoms. The van der Waals surface area contributed by atoms with Gasteiger partial charge in [0.15, 0.2) is 0 Å². The molecule has 0 bridgehead atoms. The van der Waals surface area contributed by atoms with Crippen molar-refractivity contribution in [2.24, 2.45) is 0 Å². The average molecular weight is 373 g/mol. The van der Waals surface area contributed by atoms with E-state index in [2.05, 4.69) is 10.3 Å². The van der Waals surface area contributed by atoms with Crippen molar-refractivity contribution in [1.82, 2.24) is 15.2 Å². The van der Waals surface area contributed by atoms with E-state index in [0.717, 1.165) is 25.9 Å². The highest BCUT2D eigenvalue weighted by molar-refractivity contribution is 5.79. The maximum absolute atomic E-state index is 12.4. The van der Waals surface area contributed by atoms with Crippen LogP contribution in [-0.2, 0) is 20.7 Å². The monoisotopic (exact) mass is 373 g/mol. The minimum absolute atomic E-state index is 0.0821. The molecule has 0 unspecified atom stereocenters. The van der Waals surface area contributed by atoms with Gasteiger partial charge in [0, 0.05) is 25.0 Å². The smallest absolute Gasteiger partial charge is 0.226 e. The van der Waals surface area contributed by atoms with E-state index in [1.807, 2.05) is 17.0 Å². The number of aliphatic hydroxyl groups excluding tert-OH is 1. The summed E-state index contributed by atoms with van der Waals surface area (Å²) >= 11 is 0. The van der Waals surface area contributed by atoms with Gasteiger partial charge in [-0.05, 0) is 31.4 Å². The van der Waals surface area contributed by atoms with Crippen molar-refractivity contribution in [3.8, 4) is 0 Å². The Bertz CT molecular complexity index is 658. The fraction of sp³-hybridized carbons (Fsp3) is 0.550. The van der Waals surface area contributed by atoms with Crippen LogP contribution in [0.25, 0.3) is 0 Å². The Morgan fingerprint density at radius 1 is 1.22 bits per heavy atom. The van der Waals surface area contributed by atoms with Crippen LogP contribution in [0.5, 0.6) is 0 Å². The quantitative estimate of drug-likeness (QED) is 0.721. The molecule has 0 aromatic carbocycles. The molecule has 3 rings (SSSR count). The number of piperidine rings is 1. The van der Waals surface area contributed by atoms with Gasteiger partial charge in [0.2, 0.25) is 11.8 Å². The molecular weight excluding hydrogens is 346 g/mol. The fourth-order valence-corrected chi connectivity index (χ4v) is 3.48. The molecule has 0 aliphatic carbocycles. The lowest BCUT2D eigenvalue weighted by Crippen LogP contribution is -2.49. The van der Waals surface area contributed by atoms with Crippen LogP contribution in [0.2, 0.25) is 0 Å². The summed E-state index contributed by atoms with van der Waals surface area (Å²) in [7, 11) is 0. The third-order valence-electron chi connectivity index (χ3n) is 4.94. The summed E-state index contributed by atoms with van der Waals surface area (Å²) in [6, 6.07) is 5.00. The zero-order valence-corrected chi connectivity index (χ0v) is 15.4. The zero-order chi connectivity index (χ0) is 19.1. The summed E-state index contributed by atoms with van der Waals surface area (Å²) in [4.78, 5) is 30.6. The minimum Gasteiger partial charge on any atom is -0.394 e. The maximum atomic E-state index is 12.4. The van der Waals surface area contributed by atoms with Gasteiger partial charge < -0.3 is 20.1 Å². The van der Waals surface area contributed by atoms with Gasteiger partial charge in [-0.1, -0.05) is 18.2 Å². The van der Waals surface area contributed by atoms with E-state index >= 15 is 0 Å². The van der Waals surface area contributed by atoms with E-state index in [1.165, 1.54) is 6.42 Å². The summed E-state index contributed by atoms with van der Waals surface area (Å²) in [5, 5.41) is 12.5. The minimum atomic E-state index is -0.568. The lowest BCUT2D eigenvalue weighted by molar-refractivity contribution is -0.137. The van der Waals surface area contributed by atoms with Gasteiger partial charge >= 0.3 is 0 Å². The second-order valence-electron chi connectivity index (χ2n) is 7.02. The molecule has 0 radical (unpaired) electrons. The zero-order valence-electron chi connectivity index (χ0n) is 15.4. The fourth-order valence-electron chi connectivity index (χ4n) is 3.48. The Kier molecular flexibility index (Phi) is 6.95. The highest BCUT2D eigenvalue weighted by Crippen LogP contribution is 2.18. The van der Waals surface area contributed by atoms with Crippen LogP contribution in [-0.4, -0.2) is 64.8 Å². The number of amides is 2. The summed E-state index contributed by atoms with van der Waals surface area (Å²) in [5.74, 6) is -0.105. The first kappa shape index (κ1) is 19.5. The van der Waals surface area contributed by atoms with Crippen molar-refractivity contribution >= 4 is 11.8 Å². The molecule has 2 aliphatic rings. The Labute approximate surface area is 159 Å². The second-order valence-corrected chi connectivity index (χ2v) is 7.02. The maximum Gasteiger partial charge on any atom is 0.226 e. The second kappa shape index (κ2) is 9.62. The molecule has 7 nitrogen and oxygen atoms in total. The Morgan fingerprint density at radius 2 is 2.04 bits per heavy atom. The Hall–Kier alpha value is -2.25. The number of carbonyl (C=O) groups is 2. The normalized spacial score (nSPS) is 25.2. The Balaban J connectivity index is 1.52. The number of ether oxygens (including phenoxy) is 1. The van der Waals surface area contributed by atoms with Gasteiger partial charge in [0.25, 0.3) is 0 Å². The third kappa shape index (κ3) is 5.61. The first-order chi connectivity index (χ1) is 13.2. The SMILES string of the molecule is O=C(Cc1ccccn1)N[C@@H]1C=C[C@@H](CC(=O)N2CCCCC2)O[C@@H]1CO. The van der Waals surface area contributed by atoms with E-state index < -0.39 is 12.1 Å². The van der Waals surface area contributed by atoms with E-state index in [-0.39, 0.29) is 37.4 Å². The van der Waals surface area contributed by atoms with Gasteiger partial charge in [-0.2, -0.15) is 0 Å². The summed E-state index contributed by atoms with van der Waals surface area (Å²) < 4.78 is 5.85. The summed E-state index contributed by atoms with van der Waals surface area (Å²) in [5.41, 5.74) is 0.682. The van der Waals surface area contributed by atoms with Crippen molar-refractivity contribution in [3.05, 3.63) is 42.2 Å². The molecule has 2 amide bonds. The first-order valence-electron chi connectivity index (χ1n) is 9.57. The number of hydrogen-bond donors (Lipinski definition) is 2. The molecule has 0 saturated carbocycles. The predicted octanol–water partition coefficient (Wildman–Crippen LogP) is 0.827. The molecular formula is C20H27N3O4. The van der Waals surface area contributed by atoms with Crippen molar-refractivity contribution in [2.45, 2.75) is 50.4 Å². The number of aromatic nitrogens is 1. The van der Waals surface area contributed by atoms with Crippen LogP contribution in [0, 0.1) is 0 Å². The third-order valence-corrected chi connectivity index (χ3v) is 4.94. The molecule has 146 valence electrons. The van der Waals surface area contributed by atoms with E-state index in [1.54, 1.807) is 24.4 Å². The van der Waals surface area contributed by atoms with Gasteiger partial charge in [-0.3, -0.25) is 14.6 Å². The molecule has 2 aliphatic heterocycles. The summed E-state index contributed by atoms with van der Waals surface area (Å²) in [6.07, 6.45) is 8.04. The van der Waals surface area contributed by atoms with E-state index in [4.69, 9.17) is 4.74 Å². The number of likely N-dealkylation sites (tertiary alicyclic amines) is 1. The van der Waals surface area contributed by atoms with Crippen LogP contribution in [0.4, 0.5) is 0 Å². The standard InChI is InChI=1S/C20H27N3O4/c24-14-18-17(22-19(25)12-15-6-2-3-9-21-15)8-7-16(27-18)13-20(26)23-10-4-1-5-11-23/h2-3,6-9,16-18,24H,1,4-5,10-14H2,(H,22,25)/t16-,17+,18+/m0/s1. The summed E-state index contributed by atoms with van der Waals surface area (Å²) in [6.45, 7) is 1.39. The van der Waals surface area contributed by atoms with Crippen molar-refractivity contribution in [2.75, 3.05) is 19.7 Å². The predicted molar refractivity (Wildman–Crippen MR) is 99.8 cm³/mol. The molecule has 1 aromatic heterocycles. The van der Waals surface area contributed by atoms with Crippen molar-refractivity contribution in [1.29, 1.82) is 0 Å². The molecule has 1 fully saturated rings. The number of rotatable bonds is 6. The van der Waals surface area contributed by atoms with Crippen molar-refractivity contribution < 1.29 is 19.4 Å². The Morgan fingerprint density at radius 3 is 2.74 bits per heavy atom. The van der Waals surface area contributed by atoms with Gasteiger partial charge in [-0.25, -0.2) is 0 Å². The van der Waals surface area contributed by atoms with E-state index in [9.17, 15) is 14.7 Å². The number of nitrogens with zero attached hydrogens (tertiary/aromatic N) is 2. The molecule has 2 N–H and O–H groups in total. The molecule has 27 heavy (non-hydrogen) atoms. The topological polar surface area (TPSA) is 91.8 Å². The number of pyridine rings is 1. The lowest BCUT2D eigenvalue weighted by atomic mass is 10.0. The lowest BCUT2D eigenvalue weighted by Gasteiger charge is -2.33. The largest absolute Gasteiger partial charge is 0.394 e. The highest BCUT2D eigenvalue weighted by Gasteiger charge is 2.30. The van der Waals surface area contributed by atoms with Crippen LogP contribution < -0.4 is 5.32 Å². The molecule has 1 aromatic rings. The molecule has 3 atom stereocenters. The number of hydrogen-bond acceptors (Lipinski definition) is 5. The van der Waals surface area contributed by atoms with Gasteiger partial charge in [0.05, 0.1) is 31.6 Å². The van der Waals surface area contributed by atoms with Gasteiger partial charge in [-0.15, -0.1) is 0 Å². The molecule has 1 saturated heterocycles. The number of nitrogens with one attached hydrogen (secondary N) is 1. The van der Waals surface area contributed by atoms with Crippen LogP contribution >= 0.6 is 0 Å². The highest BCUT2D eigenvalue weighted by atomic mass is 16.5. The molecule has 3 heterocycles. The average Bonchev–Trinajstić information content (AvgIpc) is 2.70. The molecule has 7 heteroatoms. The van der Waals surface area contributed by atoms with E-state index in [0.29, 0.717) is 5.69 Å². The number of aliphatic hydroxyl groups is 1. The first-order valence-corrected chi connectivity index (χ1v) is 9.57. The number of carbonyl (C=O) groups excluding carboxylic acids is 2.